The third-order valence-corrected chi connectivity index (χ3v) is 2.68. The molecule has 0 aromatic carbocycles. The van der Waals surface area contributed by atoms with E-state index in [-0.39, 0.29) is 24.8 Å². The van der Waals surface area contributed by atoms with Crippen LogP contribution in [0.4, 0.5) is 0 Å². The van der Waals surface area contributed by atoms with Crippen molar-refractivity contribution in [1.82, 2.24) is 15.4 Å². The zero-order valence-corrected chi connectivity index (χ0v) is 11.1. The highest BCUT2D eigenvalue weighted by Crippen LogP contribution is 2.10. The highest BCUT2D eigenvalue weighted by atomic mass is 35.5. The van der Waals surface area contributed by atoms with Gasteiger partial charge in [-0.1, -0.05) is 5.16 Å². The summed E-state index contributed by atoms with van der Waals surface area (Å²) in [5.74, 6) is 0.946. The van der Waals surface area contributed by atoms with Gasteiger partial charge in [0.25, 0.3) is 0 Å². The molecule has 0 saturated carbocycles. The number of nitrogens with one attached hydrogen (secondary N) is 1. The molecule has 0 aliphatic carbocycles. The molecule has 2 heterocycles. The van der Waals surface area contributed by atoms with Gasteiger partial charge < -0.3 is 9.84 Å². The first-order chi connectivity index (χ1) is 6.86. The van der Waals surface area contributed by atoms with Crippen LogP contribution in [0.5, 0.6) is 0 Å². The Morgan fingerprint density at radius 3 is 2.88 bits per heavy atom. The van der Waals surface area contributed by atoms with E-state index in [4.69, 9.17) is 4.52 Å². The minimum absolute atomic E-state index is 0. The van der Waals surface area contributed by atoms with Gasteiger partial charge in [-0.2, -0.15) is 0 Å². The van der Waals surface area contributed by atoms with E-state index in [1.54, 1.807) is 0 Å². The Morgan fingerprint density at radius 1 is 1.38 bits per heavy atom. The second-order valence-electron chi connectivity index (χ2n) is 3.79. The molecule has 2 rings (SSSR count). The number of hydrogen-bond donors (Lipinski definition) is 1. The lowest BCUT2D eigenvalue weighted by atomic mass is 10.2. The van der Waals surface area contributed by atoms with Crippen LogP contribution in [0.1, 0.15) is 17.7 Å². The summed E-state index contributed by atoms with van der Waals surface area (Å²) >= 11 is 0. The quantitative estimate of drug-likeness (QED) is 0.885. The number of rotatable bonds is 2. The summed E-state index contributed by atoms with van der Waals surface area (Å²) in [7, 11) is 0. The predicted molar refractivity (Wildman–Crippen MR) is 68.5 cm³/mol. The lowest BCUT2D eigenvalue weighted by molar-refractivity contribution is 0.282. The third-order valence-electron chi connectivity index (χ3n) is 2.68. The van der Waals surface area contributed by atoms with Crippen molar-refractivity contribution >= 4 is 24.8 Å². The van der Waals surface area contributed by atoms with E-state index in [1.165, 1.54) is 12.0 Å². The number of hydrogen-bond acceptors (Lipinski definition) is 4. The standard InChI is InChI=1S/C10H17N3O.2ClH/c1-9-10(7-12-14-9)8-13-5-2-3-11-4-6-13;;/h7,11H,2-6,8H2,1H3;2*1H. The molecule has 1 aromatic rings. The van der Waals surface area contributed by atoms with Crippen molar-refractivity contribution in [2.75, 3.05) is 26.2 Å². The van der Waals surface area contributed by atoms with Crippen LogP contribution < -0.4 is 5.32 Å². The zero-order valence-electron chi connectivity index (χ0n) is 9.44. The van der Waals surface area contributed by atoms with E-state index in [2.05, 4.69) is 15.4 Å². The third kappa shape index (κ3) is 4.29. The number of aryl methyl sites for hydroxylation is 1. The van der Waals surface area contributed by atoms with Crippen molar-refractivity contribution in [1.29, 1.82) is 0 Å². The Bertz CT molecular complexity index is 285. The van der Waals surface area contributed by atoms with Crippen LogP contribution in [0.2, 0.25) is 0 Å². The van der Waals surface area contributed by atoms with Gasteiger partial charge in [0.1, 0.15) is 5.76 Å². The fraction of sp³-hybridized carbons (Fsp3) is 0.700. The molecule has 4 nitrogen and oxygen atoms in total. The number of nitrogens with zero attached hydrogens (tertiary/aromatic N) is 2. The molecule has 16 heavy (non-hydrogen) atoms. The maximum Gasteiger partial charge on any atom is 0.138 e. The van der Waals surface area contributed by atoms with Gasteiger partial charge in [0.05, 0.1) is 6.20 Å². The van der Waals surface area contributed by atoms with Gasteiger partial charge in [-0.05, 0) is 26.4 Å². The van der Waals surface area contributed by atoms with Crippen molar-refractivity contribution in [3.05, 3.63) is 17.5 Å². The van der Waals surface area contributed by atoms with Gasteiger partial charge in [-0.25, -0.2) is 0 Å². The molecule has 0 atom stereocenters. The fourth-order valence-corrected chi connectivity index (χ4v) is 1.77. The van der Waals surface area contributed by atoms with Crippen molar-refractivity contribution in [3.63, 3.8) is 0 Å². The Balaban J connectivity index is 0.00000112. The second kappa shape index (κ2) is 7.90. The summed E-state index contributed by atoms with van der Waals surface area (Å²) in [5.41, 5.74) is 1.21. The normalized spacial score (nSPS) is 17.1. The van der Waals surface area contributed by atoms with Crippen molar-refractivity contribution in [2.24, 2.45) is 0 Å². The molecule has 1 saturated heterocycles. The second-order valence-corrected chi connectivity index (χ2v) is 3.79. The minimum Gasteiger partial charge on any atom is -0.361 e. The lowest BCUT2D eigenvalue weighted by Crippen LogP contribution is -2.27. The SMILES string of the molecule is Cc1oncc1CN1CCCNCC1.Cl.Cl. The van der Waals surface area contributed by atoms with Gasteiger partial charge >= 0.3 is 0 Å². The first-order valence-electron chi connectivity index (χ1n) is 5.19. The van der Waals surface area contributed by atoms with Crippen molar-refractivity contribution < 1.29 is 4.52 Å². The van der Waals surface area contributed by atoms with Crippen LogP contribution in [0.25, 0.3) is 0 Å². The Kier molecular flexibility index (Phi) is 7.76. The van der Waals surface area contributed by atoms with E-state index in [1.807, 2.05) is 13.1 Å². The Labute approximate surface area is 109 Å². The summed E-state index contributed by atoms with van der Waals surface area (Å²) in [4.78, 5) is 2.44. The highest BCUT2D eigenvalue weighted by Gasteiger charge is 2.11. The summed E-state index contributed by atoms with van der Waals surface area (Å²) in [6.07, 6.45) is 3.05. The van der Waals surface area contributed by atoms with Crippen LogP contribution in [0.3, 0.4) is 0 Å². The zero-order chi connectivity index (χ0) is 9.80. The van der Waals surface area contributed by atoms with Crippen LogP contribution in [-0.4, -0.2) is 36.2 Å². The molecule has 0 spiro atoms. The minimum atomic E-state index is 0. The molecular formula is C10H19Cl2N3O. The van der Waals surface area contributed by atoms with Crippen LogP contribution in [0, 0.1) is 6.92 Å². The molecule has 1 aliphatic rings. The van der Waals surface area contributed by atoms with E-state index in [0.717, 1.165) is 38.5 Å². The average molecular weight is 268 g/mol. The lowest BCUT2D eigenvalue weighted by Gasteiger charge is -2.18. The van der Waals surface area contributed by atoms with Gasteiger partial charge in [0.2, 0.25) is 0 Å². The Morgan fingerprint density at radius 2 is 2.19 bits per heavy atom. The first kappa shape index (κ1) is 15.7. The molecule has 1 fully saturated rings. The molecule has 1 aromatic heterocycles. The molecular weight excluding hydrogens is 249 g/mol. The van der Waals surface area contributed by atoms with Crippen LogP contribution in [-0.2, 0) is 6.54 Å². The molecule has 0 amide bonds. The van der Waals surface area contributed by atoms with Gasteiger partial charge in [-0.3, -0.25) is 4.90 Å². The number of halogens is 2. The van der Waals surface area contributed by atoms with Crippen LogP contribution in [0.15, 0.2) is 10.7 Å². The smallest absolute Gasteiger partial charge is 0.138 e. The van der Waals surface area contributed by atoms with Gasteiger partial charge in [0, 0.05) is 25.2 Å². The van der Waals surface area contributed by atoms with E-state index in [9.17, 15) is 0 Å². The summed E-state index contributed by atoms with van der Waals surface area (Å²) in [6, 6.07) is 0. The summed E-state index contributed by atoms with van der Waals surface area (Å²) in [5, 5.41) is 7.18. The Hall–Kier alpha value is -0.290. The maximum atomic E-state index is 5.04. The van der Waals surface area contributed by atoms with E-state index >= 15 is 0 Å². The summed E-state index contributed by atoms with van der Waals surface area (Å²) < 4.78 is 5.04. The van der Waals surface area contributed by atoms with E-state index < -0.39 is 0 Å². The fourth-order valence-electron chi connectivity index (χ4n) is 1.77. The molecule has 1 aliphatic heterocycles. The van der Waals surface area contributed by atoms with Gasteiger partial charge in [0.15, 0.2) is 0 Å². The van der Waals surface area contributed by atoms with Crippen molar-refractivity contribution in [3.8, 4) is 0 Å². The van der Waals surface area contributed by atoms with Crippen LogP contribution >= 0.6 is 24.8 Å². The summed E-state index contributed by atoms with van der Waals surface area (Å²) in [6.45, 7) is 7.45. The molecule has 0 radical (unpaired) electrons. The topological polar surface area (TPSA) is 41.3 Å². The molecule has 94 valence electrons. The largest absolute Gasteiger partial charge is 0.361 e. The molecule has 6 heteroatoms. The molecule has 1 N–H and O–H groups in total. The monoisotopic (exact) mass is 267 g/mol. The maximum absolute atomic E-state index is 5.04. The molecule has 0 unspecified atom stereocenters. The van der Waals surface area contributed by atoms with Gasteiger partial charge in [-0.15, -0.1) is 24.8 Å². The average Bonchev–Trinajstić information content (AvgIpc) is 2.44. The molecule has 0 bridgehead atoms. The van der Waals surface area contributed by atoms with Crippen molar-refractivity contribution in [2.45, 2.75) is 19.9 Å². The number of aromatic nitrogens is 1. The first-order valence-corrected chi connectivity index (χ1v) is 5.19. The highest BCUT2D eigenvalue weighted by molar-refractivity contribution is 5.85. The van der Waals surface area contributed by atoms with E-state index in [0.29, 0.717) is 0 Å². The predicted octanol–water partition coefficient (Wildman–Crippen LogP) is 1.62.